The third-order valence-corrected chi connectivity index (χ3v) is 6.80. The molecule has 8 nitrogen and oxygen atoms in total. The van der Waals surface area contributed by atoms with E-state index in [4.69, 9.17) is 10.4 Å². The highest BCUT2D eigenvalue weighted by Gasteiger charge is 2.16. The number of thiophene rings is 1. The van der Waals surface area contributed by atoms with E-state index in [2.05, 4.69) is 4.98 Å². The Labute approximate surface area is 162 Å². The molecule has 10 heteroatoms. The maximum Gasteiger partial charge on any atom is 0.270 e. The van der Waals surface area contributed by atoms with E-state index in [0.717, 1.165) is 21.8 Å². The number of hydrogen-bond acceptors (Lipinski definition) is 6. The number of H-pyrrole nitrogens is 1. The summed E-state index contributed by atoms with van der Waals surface area (Å²) in [5.41, 5.74) is 1.21. The van der Waals surface area contributed by atoms with Crippen molar-refractivity contribution in [2.75, 3.05) is 0 Å². The highest BCUT2D eigenvalue weighted by Crippen LogP contribution is 2.32. The largest absolute Gasteiger partial charge is 0.504 e. The summed E-state index contributed by atoms with van der Waals surface area (Å²) in [7, 11) is -3.74. The number of nitriles is 1. The standard InChI is InChI=1S/C18H12N4O4S2/c19-9-12-17(23)16-13(21-18(12)24)7-8-22(16)11-3-1-10(2-4-11)14-5-6-15(27-14)28(20,25)26/h1-8H,(H2,20,25,26)(H2,21,23,24). The van der Waals surface area contributed by atoms with E-state index in [1.54, 1.807) is 53.2 Å². The third-order valence-electron chi connectivity index (χ3n) is 4.23. The molecule has 0 amide bonds. The Morgan fingerprint density at radius 2 is 1.86 bits per heavy atom. The molecule has 0 radical (unpaired) electrons. The minimum atomic E-state index is -3.74. The normalized spacial score (nSPS) is 11.6. The second-order valence-corrected chi connectivity index (χ2v) is 8.82. The Kier molecular flexibility index (Phi) is 4.08. The van der Waals surface area contributed by atoms with Crippen LogP contribution >= 0.6 is 11.3 Å². The summed E-state index contributed by atoms with van der Waals surface area (Å²) in [6.07, 6.45) is 1.67. The zero-order chi connectivity index (χ0) is 20.1. The maximum atomic E-state index is 11.8. The van der Waals surface area contributed by atoms with Gasteiger partial charge in [0.05, 0.1) is 5.52 Å². The van der Waals surface area contributed by atoms with Crippen LogP contribution < -0.4 is 10.7 Å². The Hall–Kier alpha value is -3.39. The molecular formula is C18H12N4O4S2. The molecule has 3 aromatic heterocycles. The fourth-order valence-corrected chi connectivity index (χ4v) is 4.65. The molecule has 0 saturated carbocycles. The highest BCUT2D eigenvalue weighted by atomic mass is 32.2. The Morgan fingerprint density at radius 3 is 2.46 bits per heavy atom. The monoisotopic (exact) mass is 412 g/mol. The van der Waals surface area contributed by atoms with Gasteiger partial charge in [-0.1, -0.05) is 12.1 Å². The average molecular weight is 412 g/mol. The van der Waals surface area contributed by atoms with E-state index < -0.39 is 15.6 Å². The molecule has 0 saturated heterocycles. The van der Waals surface area contributed by atoms with Crippen LogP contribution in [0, 0.1) is 11.3 Å². The summed E-state index contributed by atoms with van der Waals surface area (Å²) in [4.78, 5) is 15.1. The van der Waals surface area contributed by atoms with Gasteiger partial charge in [0.2, 0.25) is 10.0 Å². The van der Waals surface area contributed by atoms with Crippen LogP contribution in [0.2, 0.25) is 0 Å². The van der Waals surface area contributed by atoms with E-state index in [1.165, 1.54) is 6.07 Å². The predicted molar refractivity (Wildman–Crippen MR) is 105 cm³/mol. The van der Waals surface area contributed by atoms with Crippen LogP contribution in [0.25, 0.3) is 27.2 Å². The minimum absolute atomic E-state index is 0.0842. The molecule has 4 rings (SSSR count). The van der Waals surface area contributed by atoms with Crippen molar-refractivity contribution in [3.8, 4) is 27.9 Å². The summed E-state index contributed by atoms with van der Waals surface area (Å²) < 4.78 is 24.6. The number of aromatic hydroxyl groups is 1. The second-order valence-electron chi connectivity index (χ2n) is 5.95. The quantitative estimate of drug-likeness (QED) is 0.473. The topological polar surface area (TPSA) is 142 Å². The molecule has 0 spiro atoms. The van der Waals surface area contributed by atoms with Gasteiger partial charge in [-0.15, -0.1) is 11.3 Å². The van der Waals surface area contributed by atoms with Crippen molar-refractivity contribution in [1.82, 2.24) is 9.55 Å². The molecule has 0 fully saturated rings. The number of nitrogens with one attached hydrogen (secondary N) is 1. The van der Waals surface area contributed by atoms with Crippen LogP contribution in [0.3, 0.4) is 0 Å². The van der Waals surface area contributed by atoms with Crippen LogP contribution in [0.1, 0.15) is 5.56 Å². The van der Waals surface area contributed by atoms with Gasteiger partial charge in [0.15, 0.2) is 11.3 Å². The van der Waals surface area contributed by atoms with Gasteiger partial charge in [-0.05, 0) is 35.9 Å². The molecule has 0 aliphatic heterocycles. The van der Waals surface area contributed by atoms with Gasteiger partial charge in [0.1, 0.15) is 15.8 Å². The van der Waals surface area contributed by atoms with Gasteiger partial charge in [0.25, 0.3) is 5.56 Å². The molecule has 3 heterocycles. The van der Waals surface area contributed by atoms with Crippen LogP contribution in [0.15, 0.2) is 57.7 Å². The molecule has 0 atom stereocenters. The van der Waals surface area contributed by atoms with Crippen molar-refractivity contribution in [1.29, 1.82) is 5.26 Å². The summed E-state index contributed by atoms with van der Waals surface area (Å²) in [5, 5.41) is 24.6. The molecule has 1 aromatic carbocycles. The number of pyridine rings is 1. The van der Waals surface area contributed by atoms with Crippen LogP contribution in [-0.4, -0.2) is 23.1 Å². The summed E-state index contributed by atoms with van der Waals surface area (Å²) in [6, 6.07) is 13.6. The first-order valence-electron chi connectivity index (χ1n) is 7.89. The van der Waals surface area contributed by atoms with Crippen molar-refractivity contribution in [3.05, 3.63) is 64.6 Å². The first-order chi connectivity index (χ1) is 13.3. The lowest BCUT2D eigenvalue weighted by Gasteiger charge is -2.08. The number of benzene rings is 1. The molecule has 0 unspecified atom stereocenters. The van der Waals surface area contributed by atoms with E-state index in [9.17, 15) is 18.3 Å². The highest BCUT2D eigenvalue weighted by molar-refractivity contribution is 7.91. The van der Waals surface area contributed by atoms with E-state index >= 15 is 0 Å². The second kappa shape index (κ2) is 6.35. The van der Waals surface area contributed by atoms with Gasteiger partial charge >= 0.3 is 0 Å². The molecule has 28 heavy (non-hydrogen) atoms. The van der Waals surface area contributed by atoms with Gasteiger partial charge < -0.3 is 14.7 Å². The lowest BCUT2D eigenvalue weighted by Crippen LogP contribution is -2.10. The van der Waals surface area contributed by atoms with E-state index in [-0.39, 0.29) is 15.5 Å². The van der Waals surface area contributed by atoms with Gasteiger partial charge in [-0.2, -0.15) is 5.26 Å². The molecule has 0 aliphatic rings. The van der Waals surface area contributed by atoms with Gasteiger partial charge in [0, 0.05) is 16.8 Å². The number of aromatic amines is 1. The number of hydrogen-bond donors (Lipinski definition) is 3. The average Bonchev–Trinajstić information content (AvgIpc) is 3.29. The van der Waals surface area contributed by atoms with Crippen molar-refractivity contribution >= 4 is 32.4 Å². The zero-order valence-electron chi connectivity index (χ0n) is 14.1. The van der Waals surface area contributed by atoms with E-state index in [1.807, 2.05) is 0 Å². The number of aromatic nitrogens is 2. The zero-order valence-corrected chi connectivity index (χ0v) is 15.7. The smallest absolute Gasteiger partial charge is 0.270 e. The molecule has 0 aliphatic carbocycles. The number of primary sulfonamides is 1. The first-order valence-corrected chi connectivity index (χ1v) is 10.3. The van der Waals surface area contributed by atoms with Crippen LogP contribution in [0.5, 0.6) is 5.75 Å². The molecule has 4 aromatic rings. The lowest BCUT2D eigenvalue weighted by molar-refractivity contribution is 0.476. The summed E-state index contributed by atoms with van der Waals surface area (Å²) >= 11 is 1.07. The predicted octanol–water partition coefficient (Wildman–Crippen LogP) is 2.27. The number of nitrogens with two attached hydrogens (primary N) is 1. The molecule has 0 bridgehead atoms. The Balaban J connectivity index is 1.79. The fraction of sp³-hybridized carbons (Fsp3) is 0. The van der Waals surface area contributed by atoms with Gasteiger partial charge in [-0.3, -0.25) is 4.79 Å². The number of sulfonamides is 1. The Morgan fingerprint density at radius 1 is 1.14 bits per heavy atom. The fourth-order valence-electron chi connectivity index (χ4n) is 2.92. The lowest BCUT2D eigenvalue weighted by atomic mass is 10.1. The van der Waals surface area contributed by atoms with Crippen molar-refractivity contribution in [3.63, 3.8) is 0 Å². The summed E-state index contributed by atoms with van der Waals surface area (Å²) in [6.45, 7) is 0. The third kappa shape index (κ3) is 2.87. The molecule has 4 N–H and O–H groups in total. The van der Waals surface area contributed by atoms with E-state index in [0.29, 0.717) is 16.7 Å². The summed E-state index contributed by atoms with van der Waals surface area (Å²) in [5.74, 6) is -0.383. The van der Waals surface area contributed by atoms with Crippen molar-refractivity contribution in [2.24, 2.45) is 5.14 Å². The maximum absolute atomic E-state index is 11.8. The molecular weight excluding hydrogens is 400 g/mol. The number of rotatable bonds is 3. The van der Waals surface area contributed by atoms with Crippen LogP contribution in [0.4, 0.5) is 0 Å². The van der Waals surface area contributed by atoms with Gasteiger partial charge in [-0.25, -0.2) is 13.6 Å². The molecule has 140 valence electrons. The minimum Gasteiger partial charge on any atom is -0.504 e. The first kappa shape index (κ1) is 18.0. The van der Waals surface area contributed by atoms with Crippen LogP contribution in [-0.2, 0) is 10.0 Å². The SMILES string of the molecule is N#Cc1c(O)c2c(ccn2-c2ccc(-c3ccc(S(N)(=O)=O)s3)cc2)[nH]c1=O. The Bertz CT molecular complexity index is 1420. The number of nitrogens with zero attached hydrogens (tertiary/aromatic N) is 2. The van der Waals surface area contributed by atoms with Crippen molar-refractivity contribution in [2.45, 2.75) is 4.21 Å². The van der Waals surface area contributed by atoms with Crippen molar-refractivity contribution < 1.29 is 13.5 Å². The number of fused-ring (bicyclic) bond motifs is 1.